The normalized spacial score (nSPS) is 20.5. The van der Waals surface area contributed by atoms with Gasteiger partial charge in [0.1, 0.15) is 11.9 Å². The standard InChI is InChI=1S/C34H35FN6O3/c35-29-22-39(21-24-3-1-23(19-36)2-4-24)14-13-30(29)38-33(43)27-9-12-31(37-20-27)34(44)41-17-15-40(16-18-41)28-10-7-26(8-11-28)32(42)25-5-6-25/h1-4,7-12,20,25,29-30H,5-6,13-18,21-22H2,(H,38,43). The Labute approximate surface area is 256 Å². The quantitative estimate of drug-likeness (QED) is 0.395. The second kappa shape index (κ2) is 12.9. The molecule has 226 valence electrons. The van der Waals surface area contributed by atoms with Crippen molar-refractivity contribution in [3.8, 4) is 6.07 Å². The first-order valence-electron chi connectivity index (χ1n) is 15.2. The molecule has 6 rings (SSSR count). The van der Waals surface area contributed by atoms with E-state index in [0.29, 0.717) is 51.3 Å². The molecular formula is C34H35FN6O3. The highest BCUT2D eigenvalue weighted by Gasteiger charge is 2.32. The number of piperazine rings is 1. The number of nitrogens with one attached hydrogen (secondary N) is 1. The number of aromatic nitrogens is 1. The molecule has 0 bridgehead atoms. The summed E-state index contributed by atoms with van der Waals surface area (Å²) in [5.41, 5.74) is 3.93. The maximum atomic E-state index is 15.0. The van der Waals surface area contributed by atoms with Gasteiger partial charge in [0.15, 0.2) is 5.78 Å². The number of carbonyl (C=O) groups is 3. The molecule has 1 N–H and O–H groups in total. The van der Waals surface area contributed by atoms with Gasteiger partial charge in [0.2, 0.25) is 0 Å². The molecule has 2 amide bonds. The second-order valence-electron chi connectivity index (χ2n) is 11.8. The average Bonchev–Trinajstić information content (AvgIpc) is 3.92. The van der Waals surface area contributed by atoms with Crippen molar-refractivity contribution in [3.05, 3.63) is 94.8 Å². The highest BCUT2D eigenvalue weighted by molar-refractivity contribution is 5.99. The third-order valence-electron chi connectivity index (χ3n) is 8.71. The zero-order valence-electron chi connectivity index (χ0n) is 24.5. The number of nitrogens with zero attached hydrogens (tertiary/aromatic N) is 5. The molecule has 3 heterocycles. The van der Waals surface area contributed by atoms with E-state index in [-0.39, 0.29) is 35.4 Å². The third-order valence-corrected chi connectivity index (χ3v) is 8.71. The molecule has 2 unspecified atom stereocenters. The third kappa shape index (κ3) is 6.79. The lowest BCUT2D eigenvalue weighted by atomic mass is 10.0. The van der Waals surface area contributed by atoms with E-state index in [4.69, 9.17) is 5.26 Å². The van der Waals surface area contributed by atoms with E-state index in [1.165, 1.54) is 6.20 Å². The van der Waals surface area contributed by atoms with Crippen LogP contribution in [-0.2, 0) is 6.54 Å². The zero-order chi connectivity index (χ0) is 30.6. The Kier molecular flexibility index (Phi) is 8.66. The van der Waals surface area contributed by atoms with Crippen LogP contribution in [0.15, 0.2) is 66.9 Å². The number of hydrogen-bond acceptors (Lipinski definition) is 7. The number of pyridine rings is 1. The van der Waals surface area contributed by atoms with Crippen molar-refractivity contribution >= 4 is 23.3 Å². The van der Waals surface area contributed by atoms with Crippen LogP contribution in [0.25, 0.3) is 0 Å². The van der Waals surface area contributed by atoms with Crippen molar-refractivity contribution in [3.63, 3.8) is 0 Å². The molecule has 2 aliphatic heterocycles. The Balaban J connectivity index is 0.963. The summed E-state index contributed by atoms with van der Waals surface area (Å²) < 4.78 is 15.0. The predicted octanol–water partition coefficient (Wildman–Crippen LogP) is 3.85. The SMILES string of the molecule is N#Cc1ccc(CN2CCC(NC(=O)c3ccc(C(=O)N4CCN(c5ccc(C(=O)C6CC6)cc5)CC4)nc3)C(F)C2)cc1. The summed E-state index contributed by atoms with van der Waals surface area (Å²) in [7, 11) is 0. The number of nitriles is 1. The summed E-state index contributed by atoms with van der Waals surface area (Å²) in [5, 5.41) is 11.8. The van der Waals surface area contributed by atoms with Crippen LogP contribution in [0.4, 0.5) is 10.1 Å². The van der Waals surface area contributed by atoms with Gasteiger partial charge in [-0.3, -0.25) is 24.3 Å². The number of piperidine rings is 1. The largest absolute Gasteiger partial charge is 0.368 e. The van der Waals surface area contributed by atoms with E-state index < -0.39 is 18.1 Å². The van der Waals surface area contributed by atoms with Crippen molar-refractivity contribution in [1.29, 1.82) is 5.26 Å². The van der Waals surface area contributed by atoms with Crippen LogP contribution < -0.4 is 10.2 Å². The lowest BCUT2D eigenvalue weighted by Crippen LogP contribution is -2.52. The first-order valence-corrected chi connectivity index (χ1v) is 15.2. The molecule has 2 aromatic carbocycles. The summed E-state index contributed by atoms with van der Waals surface area (Å²) in [6.45, 7) is 3.82. The number of ketones is 1. The maximum absolute atomic E-state index is 15.0. The van der Waals surface area contributed by atoms with Gasteiger partial charge in [-0.2, -0.15) is 5.26 Å². The molecule has 44 heavy (non-hydrogen) atoms. The number of rotatable bonds is 8. The van der Waals surface area contributed by atoms with E-state index in [9.17, 15) is 14.4 Å². The van der Waals surface area contributed by atoms with E-state index in [2.05, 4.69) is 21.3 Å². The molecule has 1 aliphatic carbocycles. The minimum Gasteiger partial charge on any atom is -0.368 e. The number of amides is 2. The Morgan fingerprint density at radius 2 is 1.59 bits per heavy atom. The van der Waals surface area contributed by atoms with Gasteiger partial charge in [-0.1, -0.05) is 12.1 Å². The highest BCUT2D eigenvalue weighted by atomic mass is 19.1. The number of carbonyl (C=O) groups excluding carboxylic acids is 3. The van der Waals surface area contributed by atoms with Crippen LogP contribution in [0.1, 0.15) is 61.6 Å². The summed E-state index contributed by atoms with van der Waals surface area (Å²) in [6, 6.07) is 19.6. The van der Waals surface area contributed by atoms with Gasteiger partial charge >= 0.3 is 0 Å². The van der Waals surface area contributed by atoms with Gasteiger partial charge in [0, 0.05) is 69.2 Å². The highest BCUT2D eigenvalue weighted by Crippen LogP contribution is 2.33. The Morgan fingerprint density at radius 1 is 0.886 bits per heavy atom. The fourth-order valence-corrected chi connectivity index (χ4v) is 5.87. The molecule has 9 nitrogen and oxygen atoms in total. The number of Topliss-reactive ketones (excluding diaryl/α,β-unsaturated/α-hetero) is 1. The van der Waals surface area contributed by atoms with E-state index in [0.717, 1.165) is 29.7 Å². The van der Waals surface area contributed by atoms with Crippen molar-refractivity contribution in [1.82, 2.24) is 20.1 Å². The fraction of sp³-hybridized carbons (Fsp3) is 0.382. The van der Waals surface area contributed by atoms with Crippen LogP contribution in [0.2, 0.25) is 0 Å². The minimum absolute atomic E-state index is 0.194. The molecule has 2 atom stereocenters. The van der Waals surface area contributed by atoms with Crippen LogP contribution in [0.5, 0.6) is 0 Å². The Bertz CT molecular complexity index is 1540. The van der Waals surface area contributed by atoms with Crippen LogP contribution in [0, 0.1) is 17.2 Å². The zero-order valence-corrected chi connectivity index (χ0v) is 24.5. The Morgan fingerprint density at radius 3 is 2.20 bits per heavy atom. The lowest BCUT2D eigenvalue weighted by Gasteiger charge is -2.36. The number of benzene rings is 2. The summed E-state index contributed by atoms with van der Waals surface area (Å²) in [5.74, 6) is -0.179. The molecule has 3 fully saturated rings. The van der Waals surface area contributed by atoms with Gasteiger partial charge in [-0.15, -0.1) is 0 Å². The monoisotopic (exact) mass is 594 g/mol. The fourth-order valence-electron chi connectivity index (χ4n) is 5.87. The van der Waals surface area contributed by atoms with Crippen molar-refractivity contribution in [2.24, 2.45) is 5.92 Å². The first-order chi connectivity index (χ1) is 21.4. The molecule has 3 aliphatic rings. The van der Waals surface area contributed by atoms with E-state index in [1.54, 1.807) is 29.2 Å². The van der Waals surface area contributed by atoms with Gasteiger partial charge in [-0.25, -0.2) is 4.39 Å². The molecular weight excluding hydrogens is 559 g/mol. The van der Waals surface area contributed by atoms with Crippen molar-refractivity contribution in [2.45, 2.75) is 38.0 Å². The summed E-state index contributed by atoms with van der Waals surface area (Å²) in [6.07, 6.45) is 2.61. The van der Waals surface area contributed by atoms with E-state index in [1.807, 2.05) is 41.3 Å². The lowest BCUT2D eigenvalue weighted by molar-refractivity contribution is 0.0736. The van der Waals surface area contributed by atoms with Crippen LogP contribution in [0.3, 0.4) is 0 Å². The molecule has 0 radical (unpaired) electrons. The predicted molar refractivity (Wildman–Crippen MR) is 163 cm³/mol. The van der Waals surface area contributed by atoms with Crippen LogP contribution in [-0.4, -0.2) is 83.9 Å². The number of hydrogen-bond donors (Lipinski definition) is 1. The van der Waals surface area contributed by atoms with Gasteiger partial charge in [-0.05, 0) is 73.4 Å². The van der Waals surface area contributed by atoms with Gasteiger partial charge < -0.3 is 15.1 Å². The molecule has 3 aromatic rings. The van der Waals surface area contributed by atoms with Gasteiger partial charge in [0.25, 0.3) is 11.8 Å². The van der Waals surface area contributed by atoms with E-state index >= 15 is 4.39 Å². The number of likely N-dealkylation sites (tertiary alicyclic amines) is 1. The molecule has 2 saturated heterocycles. The number of halogens is 1. The smallest absolute Gasteiger partial charge is 0.272 e. The maximum Gasteiger partial charge on any atom is 0.272 e. The molecule has 10 heteroatoms. The minimum atomic E-state index is -1.22. The summed E-state index contributed by atoms with van der Waals surface area (Å²) >= 11 is 0. The molecule has 1 saturated carbocycles. The second-order valence-corrected chi connectivity index (χ2v) is 11.8. The summed E-state index contributed by atoms with van der Waals surface area (Å²) in [4.78, 5) is 48.5. The average molecular weight is 595 g/mol. The molecule has 0 spiro atoms. The number of alkyl halides is 1. The van der Waals surface area contributed by atoms with Crippen molar-refractivity contribution in [2.75, 3.05) is 44.2 Å². The van der Waals surface area contributed by atoms with Crippen molar-refractivity contribution < 1.29 is 18.8 Å². The van der Waals surface area contributed by atoms with Gasteiger partial charge in [0.05, 0.1) is 23.2 Å². The Hall–Kier alpha value is -4.62. The topological polar surface area (TPSA) is 110 Å². The number of anilines is 1. The first kappa shape index (κ1) is 29.5. The molecule has 1 aromatic heterocycles. The van der Waals surface area contributed by atoms with Crippen LogP contribution >= 0.6 is 0 Å².